The Bertz CT molecular complexity index is 895. The average molecular weight is 354 g/mol. The smallest absolute Gasteiger partial charge is 0.292 e. The van der Waals surface area contributed by atoms with E-state index in [1.165, 1.54) is 12.1 Å². The first-order chi connectivity index (χ1) is 12.6. The summed E-state index contributed by atoms with van der Waals surface area (Å²) in [5.74, 6) is 0.787. The summed E-state index contributed by atoms with van der Waals surface area (Å²) in [6.07, 6.45) is 0. The van der Waals surface area contributed by atoms with Gasteiger partial charge in [0.15, 0.2) is 0 Å². The van der Waals surface area contributed by atoms with Crippen LogP contribution in [0.3, 0.4) is 0 Å². The van der Waals surface area contributed by atoms with Gasteiger partial charge in [-0.1, -0.05) is 42.4 Å². The van der Waals surface area contributed by atoms with Crippen LogP contribution in [0, 0.1) is 10.1 Å². The first kappa shape index (κ1) is 17.6. The Morgan fingerprint density at radius 3 is 2.73 bits per heavy atom. The molecule has 0 amide bonds. The van der Waals surface area contributed by atoms with Crippen molar-refractivity contribution in [1.29, 1.82) is 0 Å². The third kappa shape index (κ3) is 3.86. The van der Waals surface area contributed by atoms with Crippen LogP contribution in [-0.4, -0.2) is 26.7 Å². The number of hydrogen-bond acceptors (Lipinski definition) is 7. The molecule has 26 heavy (non-hydrogen) atoms. The van der Waals surface area contributed by atoms with E-state index in [-0.39, 0.29) is 18.2 Å². The molecule has 1 aromatic heterocycles. The number of aromatic nitrogens is 2. The summed E-state index contributed by atoms with van der Waals surface area (Å²) in [7, 11) is 0. The van der Waals surface area contributed by atoms with Crippen molar-refractivity contribution in [3.05, 3.63) is 70.1 Å². The topological polar surface area (TPSA) is 114 Å². The van der Waals surface area contributed by atoms with Gasteiger partial charge in [0, 0.05) is 18.2 Å². The Morgan fingerprint density at radius 2 is 2.04 bits per heavy atom. The lowest BCUT2D eigenvalue weighted by atomic mass is 10.1. The molecule has 0 saturated carbocycles. The van der Waals surface area contributed by atoms with Gasteiger partial charge in [-0.3, -0.25) is 10.1 Å². The molecule has 0 fully saturated rings. The zero-order valence-electron chi connectivity index (χ0n) is 14.1. The molecule has 1 unspecified atom stereocenters. The summed E-state index contributed by atoms with van der Waals surface area (Å²) in [6.45, 7) is 2.06. The lowest BCUT2D eigenvalue weighted by Crippen LogP contribution is -2.11. The van der Waals surface area contributed by atoms with Gasteiger partial charge in [0.1, 0.15) is 5.69 Å². The molecule has 3 aromatic rings. The Kier molecular flexibility index (Phi) is 5.23. The Morgan fingerprint density at radius 1 is 1.27 bits per heavy atom. The van der Waals surface area contributed by atoms with Crippen LogP contribution in [0.1, 0.15) is 24.3 Å². The van der Waals surface area contributed by atoms with Crippen LogP contribution in [-0.2, 0) is 6.61 Å². The van der Waals surface area contributed by atoms with Gasteiger partial charge in [0.25, 0.3) is 5.69 Å². The molecule has 0 radical (unpaired) electrons. The van der Waals surface area contributed by atoms with E-state index in [0.29, 0.717) is 29.5 Å². The molecule has 1 heterocycles. The lowest BCUT2D eigenvalue weighted by Gasteiger charge is -2.11. The number of nitrogens with zero attached hydrogens (tertiary/aromatic N) is 3. The number of aliphatic hydroxyl groups is 1. The molecule has 8 heteroatoms. The van der Waals surface area contributed by atoms with Gasteiger partial charge >= 0.3 is 0 Å². The van der Waals surface area contributed by atoms with Crippen LogP contribution >= 0.6 is 0 Å². The summed E-state index contributed by atoms with van der Waals surface area (Å²) in [6, 6.07) is 13.9. The van der Waals surface area contributed by atoms with Crippen molar-refractivity contribution >= 4 is 11.4 Å². The minimum absolute atomic E-state index is 0.0510. The van der Waals surface area contributed by atoms with Crippen LogP contribution < -0.4 is 5.32 Å². The van der Waals surface area contributed by atoms with Gasteiger partial charge in [-0.25, -0.2) is 0 Å². The predicted octanol–water partition coefficient (Wildman–Crippen LogP) is 3.35. The summed E-state index contributed by atoms with van der Waals surface area (Å²) in [4.78, 5) is 15.1. The quantitative estimate of drug-likeness (QED) is 0.494. The standard InChI is InChI=1S/C18H18N4O4/c1-12(18-20-17(21-26-18)14-5-3-2-4-6-14)10-19-15-9-13(11-23)7-8-16(15)22(24)25/h2-9,12,19,23H,10-11H2,1H3. The molecule has 2 aromatic carbocycles. The Balaban J connectivity index is 1.72. The second-order valence-electron chi connectivity index (χ2n) is 5.87. The van der Waals surface area contributed by atoms with Crippen molar-refractivity contribution in [3.63, 3.8) is 0 Å². The van der Waals surface area contributed by atoms with Crippen LogP contribution in [0.2, 0.25) is 0 Å². The van der Waals surface area contributed by atoms with Crippen molar-refractivity contribution in [3.8, 4) is 11.4 Å². The molecule has 8 nitrogen and oxygen atoms in total. The first-order valence-corrected chi connectivity index (χ1v) is 8.09. The zero-order valence-corrected chi connectivity index (χ0v) is 14.1. The molecular formula is C18H18N4O4. The van der Waals surface area contributed by atoms with Crippen LogP contribution in [0.4, 0.5) is 11.4 Å². The van der Waals surface area contributed by atoms with Gasteiger partial charge < -0.3 is 14.9 Å². The van der Waals surface area contributed by atoms with Gasteiger partial charge in [0.05, 0.1) is 17.4 Å². The highest BCUT2D eigenvalue weighted by atomic mass is 16.6. The van der Waals surface area contributed by atoms with Gasteiger partial charge in [0.2, 0.25) is 11.7 Å². The first-order valence-electron chi connectivity index (χ1n) is 8.09. The molecule has 0 saturated heterocycles. The monoisotopic (exact) mass is 354 g/mol. The minimum Gasteiger partial charge on any atom is -0.392 e. The fourth-order valence-corrected chi connectivity index (χ4v) is 2.47. The SMILES string of the molecule is CC(CNc1cc(CO)ccc1[N+](=O)[O-])c1nc(-c2ccccc2)no1. The third-order valence-corrected chi connectivity index (χ3v) is 3.93. The summed E-state index contributed by atoms with van der Waals surface area (Å²) < 4.78 is 5.32. The molecule has 134 valence electrons. The van der Waals surface area contributed by atoms with E-state index in [2.05, 4.69) is 15.5 Å². The summed E-state index contributed by atoms with van der Waals surface area (Å²) in [5.41, 5.74) is 1.74. The Labute approximate surface area is 149 Å². The van der Waals surface area contributed by atoms with Crippen LogP contribution in [0.25, 0.3) is 11.4 Å². The highest BCUT2D eigenvalue weighted by Gasteiger charge is 2.18. The van der Waals surface area contributed by atoms with Crippen molar-refractivity contribution in [2.45, 2.75) is 19.4 Å². The molecule has 0 aliphatic rings. The average Bonchev–Trinajstić information content (AvgIpc) is 3.16. The molecule has 3 rings (SSSR count). The van der Waals surface area contributed by atoms with E-state index >= 15 is 0 Å². The molecule has 2 N–H and O–H groups in total. The highest BCUT2D eigenvalue weighted by Crippen LogP contribution is 2.27. The number of anilines is 1. The lowest BCUT2D eigenvalue weighted by molar-refractivity contribution is -0.384. The Hall–Kier alpha value is -3.26. The van der Waals surface area contributed by atoms with Crippen molar-refractivity contribution in [2.24, 2.45) is 0 Å². The van der Waals surface area contributed by atoms with Gasteiger partial charge in [-0.05, 0) is 17.7 Å². The summed E-state index contributed by atoms with van der Waals surface area (Å²) >= 11 is 0. The molecule has 0 aliphatic heterocycles. The number of benzene rings is 2. The molecule has 0 aliphatic carbocycles. The van der Waals surface area contributed by atoms with E-state index in [1.54, 1.807) is 6.07 Å². The maximum absolute atomic E-state index is 11.2. The van der Waals surface area contributed by atoms with Gasteiger partial charge in [-0.2, -0.15) is 4.98 Å². The van der Waals surface area contributed by atoms with E-state index in [9.17, 15) is 15.2 Å². The van der Waals surface area contributed by atoms with E-state index < -0.39 is 4.92 Å². The zero-order chi connectivity index (χ0) is 18.5. The maximum Gasteiger partial charge on any atom is 0.292 e. The second kappa shape index (κ2) is 7.75. The number of nitro benzene ring substituents is 1. The van der Waals surface area contributed by atoms with E-state index in [1.807, 2.05) is 37.3 Å². The fourth-order valence-electron chi connectivity index (χ4n) is 2.47. The normalized spacial score (nSPS) is 11.9. The van der Waals surface area contributed by atoms with Crippen molar-refractivity contribution < 1.29 is 14.6 Å². The predicted molar refractivity (Wildman–Crippen MR) is 95.7 cm³/mol. The van der Waals surface area contributed by atoms with Crippen molar-refractivity contribution in [1.82, 2.24) is 10.1 Å². The fraction of sp³-hybridized carbons (Fsp3) is 0.222. The van der Waals surface area contributed by atoms with Gasteiger partial charge in [-0.15, -0.1) is 0 Å². The van der Waals surface area contributed by atoms with E-state index in [0.717, 1.165) is 5.56 Å². The molecule has 0 bridgehead atoms. The molecule has 1 atom stereocenters. The third-order valence-electron chi connectivity index (χ3n) is 3.93. The number of nitrogens with one attached hydrogen (secondary N) is 1. The minimum atomic E-state index is -0.464. The maximum atomic E-state index is 11.2. The number of aliphatic hydroxyl groups excluding tert-OH is 1. The highest BCUT2D eigenvalue weighted by molar-refractivity contribution is 5.63. The largest absolute Gasteiger partial charge is 0.392 e. The van der Waals surface area contributed by atoms with Crippen LogP contribution in [0.15, 0.2) is 53.1 Å². The molecular weight excluding hydrogens is 336 g/mol. The number of nitro groups is 1. The second-order valence-corrected chi connectivity index (χ2v) is 5.87. The van der Waals surface area contributed by atoms with E-state index in [4.69, 9.17) is 4.52 Å². The summed E-state index contributed by atoms with van der Waals surface area (Å²) in [5, 5.41) is 27.4. The van der Waals surface area contributed by atoms with Crippen molar-refractivity contribution in [2.75, 3.05) is 11.9 Å². The molecule has 0 spiro atoms. The number of rotatable bonds is 7. The van der Waals surface area contributed by atoms with Crippen LogP contribution in [0.5, 0.6) is 0 Å². The number of hydrogen-bond donors (Lipinski definition) is 2.